The van der Waals surface area contributed by atoms with E-state index in [-0.39, 0.29) is 30.2 Å². The van der Waals surface area contributed by atoms with E-state index in [0.717, 1.165) is 38.1 Å². The van der Waals surface area contributed by atoms with Crippen LogP contribution in [0, 0.1) is 11.7 Å². The normalized spacial score (nSPS) is 19.8. The number of carbonyl (C=O) groups is 1. The summed E-state index contributed by atoms with van der Waals surface area (Å²) < 4.78 is 13.1. The van der Waals surface area contributed by atoms with E-state index in [4.69, 9.17) is 5.11 Å². The Balaban J connectivity index is 1.96. The van der Waals surface area contributed by atoms with E-state index in [0.29, 0.717) is 5.92 Å². The van der Waals surface area contributed by atoms with E-state index < -0.39 is 5.82 Å². The van der Waals surface area contributed by atoms with Gasteiger partial charge < -0.3 is 10.2 Å². The van der Waals surface area contributed by atoms with Crippen LogP contribution in [0.5, 0.6) is 5.75 Å². The molecule has 1 unspecified atom stereocenters. The summed E-state index contributed by atoms with van der Waals surface area (Å²) in [6.45, 7) is 1.91. The molecule has 19 heavy (non-hydrogen) atoms. The lowest BCUT2D eigenvalue weighted by Gasteiger charge is -2.15. The van der Waals surface area contributed by atoms with Gasteiger partial charge in [-0.1, -0.05) is 0 Å². The number of carbonyl (C=O) groups excluding carboxylic acids is 1. The van der Waals surface area contributed by atoms with Crippen LogP contribution in [0.2, 0.25) is 0 Å². The Labute approximate surface area is 111 Å². The fourth-order valence-corrected chi connectivity index (χ4v) is 2.49. The number of aromatic hydroxyl groups is 1. The summed E-state index contributed by atoms with van der Waals surface area (Å²) in [5.41, 5.74) is 0.0330. The molecule has 0 amide bonds. The second kappa shape index (κ2) is 6.12. The number of ketones is 1. The van der Waals surface area contributed by atoms with Gasteiger partial charge in [-0.3, -0.25) is 9.69 Å². The van der Waals surface area contributed by atoms with Gasteiger partial charge in [0.2, 0.25) is 0 Å². The molecule has 0 radical (unpaired) electrons. The molecule has 1 atom stereocenters. The molecule has 0 saturated carbocycles. The van der Waals surface area contributed by atoms with Crippen LogP contribution in [0.25, 0.3) is 0 Å². The third-order valence-electron chi connectivity index (χ3n) is 3.53. The summed E-state index contributed by atoms with van der Waals surface area (Å²) in [5, 5.41) is 18.5. The highest BCUT2D eigenvalue weighted by atomic mass is 19.1. The Hall–Kier alpha value is -1.46. The lowest BCUT2D eigenvalue weighted by molar-refractivity contribution is 0.0939. The number of rotatable bonds is 5. The van der Waals surface area contributed by atoms with Crippen LogP contribution in [0.1, 0.15) is 23.2 Å². The zero-order valence-corrected chi connectivity index (χ0v) is 10.7. The van der Waals surface area contributed by atoms with Crippen LogP contribution in [0.3, 0.4) is 0 Å². The predicted molar refractivity (Wildman–Crippen MR) is 68.6 cm³/mol. The van der Waals surface area contributed by atoms with E-state index in [1.165, 1.54) is 6.07 Å². The van der Waals surface area contributed by atoms with Crippen molar-refractivity contribution in [3.8, 4) is 5.75 Å². The standard InChI is InChI=1S/C14H18FNO3/c15-11-1-2-13(18)12(7-11)14(19)9-16-5-3-10(8-16)4-6-17/h1-2,7,10,17-18H,3-6,8-9H2. The van der Waals surface area contributed by atoms with Crippen LogP contribution in [0.4, 0.5) is 4.39 Å². The summed E-state index contributed by atoms with van der Waals surface area (Å²) in [6, 6.07) is 3.39. The molecule has 0 spiro atoms. The molecular formula is C14H18FNO3. The molecule has 1 heterocycles. The number of hydrogen-bond acceptors (Lipinski definition) is 4. The van der Waals surface area contributed by atoms with Crippen LogP contribution in [-0.4, -0.2) is 47.1 Å². The summed E-state index contributed by atoms with van der Waals surface area (Å²) >= 11 is 0. The van der Waals surface area contributed by atoms with Gasteiger partial charge in [-0.2, -0.15) is 0 Å². The highest BCUT2D eigenvalue weighted by Crippen LogP contribution is 2.22. The molecule has 0 aromatic heterocycles. The van der Waals surface area contributed by atoms with Crippen LogP contribution in [-0.2, 0) is 0 Å². The Morgan fingerprint density at radius 2 is 2.26 bits per heavy atom. The Bertz CT molecular complexity index is 464. The van der Waals surface area contributed by atoms with Crippen LogP contribution >= 0.6 is 0 Å². The number of Topliss-reactive ketones (excluding diaryl/α,β-unsaturated/α-hetero) is 1. The van der Waals surface area contributed by atoms with E-state index in [1.54, 1.807) is 0 Å². The lowest BCUT2D eigenvalue weighted by atomic mass is 10.1. The summed E-state index contributed by atoms with van der Waals surface area (Å²) in [7, 11) is 0. The van der Waals surface area contributed by atoms with Crippen molar-refractivity contribution in [1.82, 2.24) is 4.90 Å². The quantitative estimate of drug-likeness (QED) is 0.792. The molecule has 1 aromatic carbocycles. The first-order valence-electron chi connectivity index (χ1n) is 6.45. The van der Waals surface area contributed by atoms with E-state index in [9.17, 15) is 14.3 Å². The number of phenols is 1. The average molecular weight is 267 g/mol. The van der Waals surface area contributed by atoms with Crippen LogP contribution in [0.15, 0.2) is 18.2 Å². The Morgan fingerprint density at radius 1 is 1.47 bits per heavy atom. The second-order valence-electron chi connectivity index (χ2n) is 4.99. The zero-order chi connectivity index (χ0) is 13.8. The average Bonchev–Trinajstić information content (AvgIpc) is 2.80. The van der Waals surface area contributed by atoms with Gasteiger partial charge in [-0.05, 0) is 43.5 Å². The number of likely N-dealkylation sites (tertiary alicyclic amines) is 1. The molecule has 1 aromatic rings. The van der Waals surface area contributed by atoms with E-state index in [1.807, 2.05) is 4.90 Å². The molecule has 5 heteroatoms. The molecule has 1 aliphatic rings. The number of aliphatic hydroxyl groups is 1. The molecule has 1 saturated heterocycles. The summed E-state index contributed by atoms with van der Waals surface area (Å²) in [5.74, 6) is -0.571. The maximum absolute atomic E-state index is 13.1. The number of halogens is 1. The molecular weight excluding hydrogens is 249 g/mol. The SMILES string of the molecule is O=C(CN1CCC(CCO)C1)c1cc(F)ccc1O. The zero-order valence-electron chi connectivity index (χ0n) is 10.7. The van der Waals surface area contributed by atoms with Crippen molar-refractivity contribution in [2.24, 2.45) is 5.92 Å². The lowest BCUT2D eigenvalue weighted by Crippen LogP contribution is -2.28. The van der Waals surface area contributed by atoms with Gasteiger partial charge in [0.05, 0.1) is 12.1 Å². The minimum atomic E-state index is -0.527. The first kappa shape index (κ1) is 14.0. The van der Waals surface area contributed by atoms with Crippen LogP contribution < -0.4 is 0 Å². The minimum Gasteiger partial charge on any atom is -0.507 e. The number of phenolic OH excluding ortho intramolecular Hbond substituents is 1. The van der Waals surface area contributed by atoms with Crippen molar-refractivity contribution in [1.29, 1.82) is 0 Å². The van der Waals surface area contributed by atoms with Crippen molar-refractivity contribution in [3.05, 3.63) is 29.6 Å². The number of hydrogen-bond donors (Lipinski definition) is 2. The first-order chi connectivity index (χ1) is 9.10. The monoisotopic (exact) mass is 267 g/mol. The molecule has 104 valence electrons. The number of aliphatic hydroxyl groups excluding tert-OH is 1. The van der Waals surface area contributed by atoms with Gasteiger partial charge in [0, 0.05) is 13.2 Å². The van der Waals surface area contributed by atoms with Crippen molar-refractivity contribution in [2.75, 3.05) is 26.2 Å². The largest absolute Gasteiger partial charge is 0.507 e. The molecule has 2 N–H and O–H groups in total. The predicted octanol–water partition coefficient (Wildman–Crippen LogP) is 1.42. The topological polar surface area (TPSA) is 60.8 Å². The maximum atomic E-state index is 13.1. The fraction of sp³-hybridized carbons (Fsp3) is 0.500. The first-order valence-corrected chi connectivity index (χ1v) is 6.45. The van der Waals surface area contributed by atoms with Gasteiger partial charge in [-0.15, -0.1) is 0 Å². The number of nitrogens with zero attached hydrogens (tertiary/aromatic N) is 1. The van der Waals surface area contributed by atoms with Crippen molar-refractivity contribution < 1.29 is 19.4 Å². The molecule has 0 bridgehead atoms. The van der Waals surface area contributed by atoms with Gasteiger partial charge in [0.15, 0.2) is 5.78 Å². The summed E-state index contributed by atoms with van der Waals surface area (Å²) in [6.07, 6.45) is 1.71. The van der Waals surface area contributed by atoms with E-state index >= 15 is 0 Å². The number of benzene rings is 1. The molecule has 4 nitrogen and oxygen atoms in total. The van der Waals surface area contributed by atoms with Gasteiger partial charge in [0.1, 0.15) is 11.6 Å². The molecule has 2 rings (SSSR count). The minimum absolute atomic E-state index is 0.0330. The summed E-state index contributed by atoms with van der Waals surface area (Å²) in [4.78, 5) is 14.0. The van der Waals surface area contributed by atoms with Crippen molar-refractivity contribution in [2.45, 2.75) is 12.8 Å². The second-order valence-corrected chi connectivity index (χ2v) is 4.99. The van der Waals surface area contributed by atoms with Gasteiger partial charge in [0.25, 0.3) is 0 Å². The third-order valence-corrected chi connectivity index (χ3v) is 3.53. The molecule has 1 aliphatic heterocycles. The van der Waals surface area contributed by atoms with E-state index in [2.05, 4.69) is 0 Å². The smallest absolute Gasteiger partial charge is 0.180 e. The Morgan fingerprint density at radius 3 is 3.00 bits per heavy atom. The van der Waals surface area contributed by atoms with Crippen molar-refractivity contribution in [3.63, 3.8) is 0 Å². The maximum Gasteiger partial charge on any atom is 0.180 e. The van der Waals surface area contributed by atoms with Crippen molar-refractivity contribution >= 4 is 5.78 Å². The molecule has 0 aliphatic carbocycles. The fourth-order valence-electron chi connectivity index (χ4n) is 2.49. The highest BCUT2D eigenvalue weighted by molar-refractivity contribution is 6.00. The van der Waals surface area contributed by atoms with Gasteiger partial charge in [-0.25, -0.2) is 4.39 Å². The Kier molecular flexibility index (Phi) is 4.50. The van der Waals surface area contributed by atoms with Gasteiger partial charge >= 0.3 is 0 Å². The third kappa shape index (κ3) is 3.52. The highest BCUT2D eigenvalue weighted by Gasteiger charge is 2.24. The molecule has 1 fully saturated rings.